The molecule has 0 heterocycles. The maximum atomic E-state index is 12.2. The Bertz CT molecular complexity index is 908. The van der Waals surface area contributed by atoms with Gasteiger partial charge in [-0.25, -0.2) is 0 Å². The number of nitriles is 1. The second-order valence-electron chi connectivity index (χ2n) is 5.28. The van der Waals surface area contributed by atoms with Gasteiger partial charge in [-0.1, -0.05) is 41.4 Å². The van der Waals surface area contributed by atoms with E-state index in [9.17, 15) is 10.1 Å². The molecular weight excluding hydrogens is 389 g/mol. The summed E-state index contributed by atoms with van der Waals surface area (Å²) in [6, 6.07) is 12.2. The van der Waals surface area contributed by atoms with Crippen LogP contribution in [0.1, 0.15) is 5.56 Å². The molecule has 0 aliphatic rings. The van der Waals surface area contributed by atoms with E-state index in [1.165, 1.54) is 20.4 Å². The summed E-state index contributed by atoms with van der Waals surface area (Å²) in [4.78, 5) is 12.2. The van der Waals surface area contributed by atoms with Gasteiger partial charge in [0.05, 0.1) is 24.9 Å². The summed E-state index contributed by atoms with van der Waals surface area (Å²) >= 11 is 12.1. The summed E-state index contributed by atoms with van der Waals surface area (Å²) in [5.74, 6) is 0.325. The molecule has 0 radical (unpaired) electrons. The van der Waals surface area contributed by atoms with Crippen LogP contribution in [-0.4, -0.2) is 20.1 Å². The number of benzene rings is 2. The monoisotopic (exact) mass is 405 g/mol. The van der Waals surface area contributed by atoms with E-state index < -0.39 is 5.91 Å². The Morgan fingerprint density at radius 1 is 1.15 bits per heavy atom. The van der Waals surface area contributed by atoms with Crippen LogP contribution in [0.4, 0.5) is 5.69 Å². The van der Waals surface area contributed by atoms with Crippen molar-refractivity contribution in [2.24, 2.45) is 0 Å². The van der Waals surface area contributed by atoms with Crippen LogP contribution in [0.15, 0.2) is 48.2 Å². The number of nitrogens with zero attached hydrogens (tertiary/aromatic N) is 1. The Morgan fingerprint density at radius 3 is 2.48 bits per heavy atom. The average Bonchev–Trinajstić information content (AvgIpc) is 2.68. The summed E-state index contributed by atoms with van der Waals surface area (Å²) in [7, 11) is 2.96. The molecule has 6 nitrogen and oxygen atoms in total. The zero-order valence-corrected chi connectivity index (χ0v) is 16.2. The van der Waals surface area contributed by atoms with Gasteiger partial charge < -0.3 is 20.1 Å². The third-order valence-electron chi connectivity index (χ3n) is 3.61. The van der Waals surface area contributed by atoms with E-state index in [1.54, 1.807) is 30.3 Å². The maximum absolute atomic E-state index is 12.2. The minimum absolute atomic E-state index is 0.113. The van der Waals surface area contributed by atoms with E-state index >= 15 is 0 Å². The number of anilines is 1. The Morgan fingerprint density at radius 2 is 1.85 bits per heavy atom. The van der Waals surface area contributed by atoms with Crippen LogP contribution in [0.25, 0.3) is 0 Å². The van der Waals surface area contributed by atoms with Crippen LogP contribution < -0.4 is 20.1 Å². The Labute approximate surface area is 167 Å². The molecule has 2 N–H and O–H groups in total. The highest BCUT2D eigenvalue weighted by atomic mass is 35.5. The average molecular weight is 406 g/mol. The quantitative estimate of drug-likeness (QED) is 0.533. The lowest BCUT2D eigenvalue weighted by molar-refractivity contribution is -0.117. The molecular formula is C19H17Cl2N3O3. The first-order valence-corrected chi connectivity index (χ1v) is 8.55. The fourth-order valence-electron chi connectivity index (χ4n) is 2.18. The number of nitrogens with one attached hydrogen (secondary N) is 2. The number of methoxy groups -OCH3 is 2. The van der Waals surface area contributed by atoms with E-state index in [0.717, 1.165) is 5.56 Å². The predicted octanol–water partition coefficient (Wildman–Crippen LogP) is 4.15. The van der Waals surface area contributed by atoms with Gasteiger partial charge in [-0.2, -0.15) is 5.26 Å². The number of hydrogen-bond donors (Lipinski definition) is 2. The third kappa shape index (κ3) is 5.30. The van der Waals surface area contributed by atoms with E-state index in [4.69, 9.17) is 32.7 Å². The van der Waals surface area contributed by atoms with Crippen molar-refractivity contribution in [3.05, 3.63) is 63.8 Å². The van der Waals surface area contributed by atoms with Gasteiger partial charge in [0.2, 0.25) is 0 Å². The lowest BCUT2D eigenvalue weighted by Crippen LogP contribution is -2.24. The molecule has 0 saturated heterocycles. The van der Waals surface area contributed by atoms with Crippen molar-refractivity contribution >= 4 is 34.8 Å². The number of rotatable bonds is 7. The van der Waals surface area contributed by atoms with Crippen LogP contribution in [0.3, 0.4) is 0 Å². The van der Waals surface area contributed by atoms with Gasteiger partial charge in [-0.15, -0.1) is 0 Å². The van der Waals surface area contributed by atoms with E-state index in [1.807, 2.05) is 12.1 Å². The molecule has 0 saturated carbocycles. The molecule has 0 fully saturated rings. The second kappa shape index (κ2) is 9.72. The Kier molecular flexibility index (Phi) is 7.35. The van der Waals surface area contributed by atoms with Gasteiger partial charge in [0.15, 0.2) is 0 Å². The van der Waals surface area contributed by atoms with Crippen LogP contribution >= 0.6 is 23.2 Å². The molecule has 0 atom stereocenters. The lowest BCUT2D eigenvalue weighted by Gasteiger charge is -2.12. The summed E-state index contributed by atoms with van der Waals surface area (Å²) < 4.78 is 10.4. The number of ether oxygens (including phenoxy) is 2. The third-order valence-corrected chi connectivity index (χ3v) is 4.27. The van der Waals surface area contributed by atoms with Crippen LogP contribution in [0.5, 0.6) is 11.5 Å². The molecule has 0 aliphatic heterocycles. The molecule has 0 aromatic heterocycles. The number of carbonyl (C=O) groups excluding carboxylic acids is 1. The van der Waals surface area contributed by atoms with Crippen molar-refractivity contribution < 1.29 is 14.3 Å². The Hall–Kier alpha value is -2.88. The van der Waals surface area contributed by atoms with Crippen molar-refractivity contribution in [3.8, 4) is 17.6 Å². The first-order chi connectivity index (χ1) is 13.0. The van der Waals surface area contributed by atoms with Gasteiger partial charge in [0, 0.05) is 29.9 Å². The zero-order valence-electron chi connectivity index (χ0n) is 14.7. The lowest BCUT2D eigenvalue weighted by atomic mass is 10.2. The molecule has 140 valence electrons. The maximum Gasteiger partial charge on any atom is 0.263 e. The van der Waals surface area contributed by atoms with Gasteiger partial charge >= 0.3 is 0 Å². The highest BCUT2D eigenvalue weighted by molar-refractivity contribution is 6.32. The highest BCUT2D eigenvalue weighted by Crippen LogP contribution is 2.35. The summed E-state index contributed by atoms with van der Waals surface area (Å²) in [6.45, 7) is 0.204. The molecule has 0 spiro atoms. The fraction of sp³-hybridized carbons (Fsp3) is 0.158. The highest BCUT2D eigenvalue weighted by Gasteiger charge is 2.12. The summed E-state index contributed by atoms with van der Waals surface area (Å²) in [5, 5.41) is 15.7. The number of amides is 1. The Balaban J connectivity index is 2.13. The normalized spacial score (nSPS) is 10.7. The molecule has 1 amide bonds. The largest absolute Gasteiger partial charge is 0.495 e. The van der Waals surface area contributed by atoms with Crippen LogP contribution in [0.2, 0.25) is 10.0 Å². The van der Waals surface area contributed by atoms with Crippen LogP contribution in [0, 0.1) is 11.3 Å². The SMILES string of the molecule is COc1cc(N/C=C(/C#N)C(=O)NCc2ccccc2Cl)c(OC)cc1Cl. The minimum Gasteiger partial charge on any atom is -0.495 e. The van der Waals surface area contributed by atoms with Crippen LogP contribution in [-0.2, 0) is 11.3 Å². The van der Waals surface area contributed by atoms with Crippen molar-refractivity contribution in [2.75, 3.05) is 19.5 Å². The molecule has 2 aromatic carbocycles. The first-order valence-electron chi connectivity index (χ1n) is 7.80. The molecule has 2 rings (SSSR count). The predicted molar refractivity (Wildman–Crippen MR) is 105 cm³/mol. The molecule has 27 heavy (non-hydrogen) atoms. The fourth-order valence-corrected chi connectivity index (χ4v) is 2.62. The van der Waals surface area contributed by atoms with Crippen molar-refractivity contribution in [1.82, 2.24) is 5.32 Å². The number of hydrogen-bond acceptors (Lipinski definition) is 5. The van der Waals surface area contributed by atoms with E-state index in [-0.39, 0.29) is 12.1 Å². The van der Waals surface area contributed by atoms with E-state index in [2.05, 4.69) is 10.6 Å². The van der Waals surface area contributed by atoms with Gasteiger partial charge in [-0.05, 0) is 11.6 Å². The number of carbonyl (C=O) groups is 1. The zero-order chi connectivity index (χ0) is 19.8. The summed E-state index contributed by atoms with van der Waals surface area (Å²) in [5.41, 5.74) is 1.13. The van der Waals surface area contributed by atoms with E-state index in [0.29, 0.717) is 27.2 Å². The molecule has 0 aliphatic carbocycles. The topological polar surface area (TPSA) is 83.4 Å². The van der Waals surface area contributed by atoms with Crippen molar-refractivity contribution in [2.45, 2.75) is 6.54 Å². The van der Waals surface area contributed by atoms with Gasteiger partial charge in [0.25, 0.3) is 5.91 Å². The minimum atomic E-state index is -0.537. The molecule has 2 aromatic rings. The molecule has 8 heteroatoms. The smallest absolute Gasteiger partial charge is 0.263 e. The second-order valence-corrected chi connectivity index (χ2v) is 6.09. The summed E-state index contributed by atoms with van der Waals surface area (Å²) in [6.07, 6.45) is 1.28. The number of halogens is 2. The van der Waals surface area contributed by atoms with Gasteiger partial charge in [0.1, 0.15) is 23.1 Å². The van der Waals surface area contributed by atoms with Crippen molar-refractivity contribution in [3.63, 3.8) is 0 Å². The first kappa shape index (κ1) is 20.4. The van der Waals surface area contributed by atoms with Crippen molar-refractivity contribution in [1.29, 1.82) is 5.26 Å². The molecule has 0 bridgehead atoms. The van der Waals surface area contributed by atoms with Gasteiger partial charge in [-0.3, -0.25) is 4.79 Å². The molecule has 0 unspecified atom stereocenters. The standard InChI is InChI=1S/C19H17Cl2N3O3/c1-26-17-8-16(18(27-2)7-15(17)21)23-11-13(9-22)19(25)24-10-12-5-3-4-6-14(12)20/h3-8,11,23H,10H2,1-2H3,(H,24,25)/b13-11-.